The Bertz CT molecular complexity index is 385. The van der Waals surface area contributed by atoms with Crippen molar-refractivity contribution in [2.24, 2.45) is 0 Å². The summed E-state index contributed by atoms with van der Waals surface area (Å²) in [6, 6.07) is 7.43. The van der Waals surface area contributed by atoms with Crippen LogP contribution in [0.2, 0.25) is 5.02 Å². The Kier molecular flexibility index (Phi) is 5.10. The lowest BCUT2D eigenvalue weighted by atomic mass is 10.2. The van der Waals surface area contributed by atoms with Gasteiger partial charge in [0, 0.05) is 6.54 Å². The Labute approximate surface area is 101 Å². The molecule has 1 rings (SSSR count). The monoisotopic (exact) mass is 238 g/mol. The van der Waals surface area contributed by atoms with E-state index in [0.29, 0.717) is 23.7 Å². The number of hydrogen-bond acceptors (Lipinski definition) is 3. The van der Waals surface area contributed by atoms with Gasteiger partial charge in [-0.2, -0.15) is 5.26 Å². The zero-order chi connectivity index (χ0) is 12.0. The van der Waals surface area contributed by atoms with Crippen molar-refractivity contribution in [2.75, 3.05) is 18.5 Å². The minimum absolute atomic E-state index is 0.219. The van der Waals surface area contributed by atoms with Gasteiger partial charge in [0.25, 0.3) is 0 Å². The maximum absolute atomic E-state index is 8.94. The van der Waals surface area contributed by atoms with Crippen molar-refractivity contribution in [3.8, 4) is 6.07 Å². The van der Waals surface area contributed by atoms with Crippen LogP contribution < -0.4 is 5.32 Å². The van der Waals surface area contributed by atoms with E-state index in [1.54, 1.807) is 6.07 Å². The molecule has 1 N–H and O–H groups in total. The molecule has 86 valence electrons. The summed E-state index contributed by atoms with van der Waals surface area (Å²) in [4.78, 5) is 0. The average molecular weight is 239 g/mol. The van der Waals surface area contributed by atoms with E-state index in [4.69, 9.17) is 21.6 Å². The molecule has 0 aliphatic carbocycles. The van der Waals surface area contributed by atoms with Crippen molar-refractivity contribution in [1.82, 2.24) is 0 Å². The van der Waals surface area contributed by atoms with Crippen LogP contribution in [-0.4, -0.2) is 19.3 Å². The van der Waals surface area contributed by atoms with Gasteiger partial charge in [0.15, 0.2) is 0 Å². The lowest BCUT2D eigenvalue weighted by Crippen LogP contribution is -2.13. The van der Waals surface area contributed by atoms with Gasteiger partial charge in [0.2, 0.25) is 0 Å². The summed E-state index contributed by atoms with van der Waals surface area (Å²) in [5, 5.41) is 12.5. The predicted octanol–water partition coefficient (Wildman–Crippen LogP) is 3.05. The number of nitrogens with zero attached hydrogens (tertiary/aromatic N) is 1. The molecule has 1 aromatic carbocycles. The van der Waals surface area contributed by atoms with Crippen molar-refractivity contribution in [3.05, 3.63) is 28.8 Å². The second kappa shape index (κ2) is 6.37. The van der Waals surface area contributed by atoms with Crippen LogP contribution >= 0.6 is 11.6 Å². The van der Waals surface area contributed by atoms with E-state index in [1.807, 2.05) is 26.0 Å². The molecular formula is C12H15ClN2O. The van der Waals surface area contributed by atoms with Crippen molar-refractivity contribution >= 4 is 17.3 Å². The van der Waals surface area contributed by atoms with Gasteiger partial charge in [0.1, 0.15) is 6.07 Å². The van der Waals surface area contributed by atoms with Crippen LogP contribution in [0.4, 0.5) is 5.69 Å². The fraction of sp³-hybridized carbons (Fsp3) is 0.417. The molecule has 3 nitrogen and oxygen atoms in total. The summed E-state index contributed by atoms with van der Waals surface area (Å²) in [5.74, 6) is 0. The normalized spacial score (nSPS) is 10.2. The molecule has 0 spiro atoms. The summed E-state index contributed by atoms with van der Waals surface area (Å²) < 4.78 is 5.39. The molecule has 0 saturated heterocycles. The van der Waals surface area contributed by atoms with Crippen LogP contribution in [0.5, 0.6) is 0 Å². The molecule has 0 bridgehead atoms. The average Bonchev–Trinajstić information content (AvgIpc) is 2.24. The van der Waals surface area contributed by atoms with Crippen LogP contribution in [-0.2, 0) is 4.74 Å². The molecule has 0 aliphatic rings. The minimum Gasteiger partial charge on any atom is -0.382 e. The van der Waals surface area contributed by atoms with E-state index >= 15 is 0 Å². The Balaban J connectivity index is 2.54. The first-order valence-corrected chi connectivity index (χ1v) is 5.57. The molecule has 0 heterocycles. The molecule has 4 heteroatoms. The van der Waals surface area contributed by atoms with E-state index in [-0.39, 0.29) is 6.10 Å². The number of rotatable bonds is 5. The number of nitrogens with one attached hydrogen (secondary N) is 1. The van der Waals surface area contributed by atoms with Gasteiger partial charge < -0.3 is 10.1 Å². The molecule has 0 aliphatic heterocycles. The van der Waals surface area contributed by atoms with Crippen LogP contribution in [0, 0.1) is 11.3 Å². The minimum atomic E-state index is 0.219. The third-order valence-corrected chi connectivity index (χ3v) is 2.31. The van der Waals surface area contributed by atoms with Crippen LogP contribution in [0.3, 0.4) is 0 Å². The molecular weight excluding hydrogens is 224 g/mol. The van der Waals surface area contributed by atoms with Gasteiger partial charge in [-0.05, 0) is 26.0 Å². The summed E-state index contributed by atoms with van der Waals surface area (Å²) in [6.07, 6.45) is 0.219. The van der Waals surface area contributed by atoms with Crippen LogP contribution in [0.25, 0.3) is 0 Å². The second-order valence-electron chi connectivity index (χ2n) is 3.62. The molecule has 0 amide bonds. The highest BCUT2D eigenvalue weighted by Gasteiger charge is 2.05. The predicted molar refractivity (Wildman–Crippen MR) is 65.7 cm³/mol. The Morgan fingerprint density at radius 1 is 1.50 bits per heavy atom. The van der Waals surface area contributed by atoms with Gasteiger partial charge >= 0.3 is 0 Å². The second-order valence-corrected chi connectivity index (χ2v) is 4.03. The fourth-order valence-electron chi connectivity index (χ4n) is 1.27. The summed E-state index contributed by atoms with van der Waals surface area (Å²) in [5.41, 5.74) is 1.23. The van der Waals surface area contributed by atoms with Gasteiger partial charge in [-0.3, -0.25) is 0 Å². The Morgan fingerprint density at radius 2 is 2.25 bits per heavy atom. The number of halogens is 1. The van der Waals surface area contributed by atoms with Crippen molar-refractivity contribution in [2.45, 2.75) is 20.0 Å². The first-order valence-electron chi connectivity index (χ1n) is 5.19. The van der Waals surface area contributed by atoms with Gasteiger partial charge in [0.05, 0.1) is 29.0 Å². The zero-order valence-corrected chi connectivity index (χ0v) is 10.2. The highest BCUT2D eigenvalue weighted by molar-refractivity contribution is 6.32. The molecule has 0 radical (unpaired) electrons. The summed E-state index contributed by atoms with van der Waals surface area (Å²) in [7, 11) is 0. The standard InChI is InChI=1S/C12H15ClN2O/c1-9(2)16-7-6-15-12-5-3-4-11(13)10(12)8-14/h3-5,9,15H,6-7H2,1-2H3. The number of anilines is 1. The van der Waals surface area contributed by atoms with Crippen LogP contribution in [0.15, 0.2) is 18.2 Å². The number of benzene rings is 1. The highest BCUT2D eigenvalue weighted by Crippen LogP contribution is 2.22. The number of hydrogen-bond donors (Lipinski definition) is 1. The fourth-order valence-corrected chi connectivity index (χ4v) is 1.48. The highest BCUT2D eigenvalue weighted by atomic mass is 35.5. The molecule has 0 atom stereocenters. The molecule has 0 aromatic heterocycles. The molecule has 0 fully saturated rings. The lowest BCUT2D eigenvalue weighted by molar-refractivity contribution is 0.0870. The largest absolute Gasteiger partial charge is 0.382 e. The smallest absolute Gasteiger partial charge is 0.103 e. The molecule has 0 saturated carbocycles. The van der Waals surface area contributed by atoms with Gasteiger partial charge in [-0.25, -0.2) is 0 Å². The third-order valence-electron chi connectivity index (χ3n) is 1.99. The van der Waals surface area contributed by atoms with Crippen molar-refractivity contribution in [1.29, 1.82) is 5.26 Å². The van der Waals surface area contributed by atoms with Crippen molar-refractivity contribution in [3.63, 3.8) is 0 Å². The lowest BCUT2D eigenvalue weighted by Gasteiger charge is -2.11. The first kappa shape index (κ1) is 12.8. The SMILES string of the molecule is CC(C)OCCNc1cccc(Cl)c1C#N. The maximum atomic E-state index is 8.94. The first-order chi connectivity index (χ1) is 7.65. The van der Waals surface area contributed by atoms with E-state index in [9.17, 15) is 0 Å². The molecule has 16 heavy (non-hydrogen) atoms. The van der Waals surface area contributed by atoms with Crippen LogP contribution in [0.1, 0.15) is 19.4 Å². The van der Waals surface area contributed by atoms with E-state index in [0.717, 1.165) is 5.69 Å². The topological polar surface area (TPSA) is 45.0 Å². The molecule has 1 aromatic rings. The summed E-state index contributed by atoms with van der Waals surface area (Å²) in [6.45, 7) is 5.24. The van der Waals surface area contributed by atoms with Crippen molar-refractivity contribution < 1.29 is 4.74 Å². The van der Waals surface area contributed by atoms with E-state index in [2.05, 4.69) is 11.4 Å². The Morgan fingerprint density at radius 3 is 2.88 bits per heavy atom. The van der Waals surface area contributed by atoms with Gasteiger partial charge in [-0.15, -0.1) is 0 Å². The zero-order valence-electron chi connectivity index (χ0n) is 9.46. The number of nitriles is 1. The summed E-state index contributed by atoms with van der Waals surface area (Å²) >= 11 is 5.90. The number of ether oxygens (including phenoxy) is 1. The third kappa shape index (κ3) is 3.73. The van der Waals surface area contributed by atoms with E-state index in [1.165, 1.54) is 0 Å². The van der Waals surface area contributed by atoms with Gasteiger partial charge in [-0.1, -0.05) is 17.7 Å². The van der Waals surface area contributed by atoms with E-state index < -0.39 is 0 Å². The maximum Gasteiger partial charge on any atom is 0.103 e. The Hall–Kier alpha value is -1.24. The molecule has 0 unspecified atom stereocenters. The quantitative estimate of drug-likeness (QED) is 0.802.